The second-order valence-electron chi connectivity index (χ2n) is 6.07. The van der Waals surface area contributed by atoms with Gasteiger partial charge in [0.05, 0.1) is 18.6 Å². The number of benzene rings is 2. The second kappa shape index (κ2) is 9.89. The summed E-state index contributed by atoms with van der Waals surface area (Å²) in [7, 11) is 1.54. The van der Waals surface area contributed by atoms with E-state index < -0.39 is 0 Å². The van der Waals surface area contributed by atoms with Crippen molar-refractivity contribution in [1.82, 2.24) is 5.32 Å². The molecule has 2 aromatic rings. The minimum Gasteiger partial charge on any atom is -0.489 e. The van der Waals surface area contributed by atoms with E-state index in [1.807, 2.05) is 31.2 Å². The van der Waals surface area contributed by atoms with E-state index in [2.05, 4.69) is 5.32 Å². The summed E-state index contributed by atoms with van der Waals surface area (Å²) in [6.45, 7) is 2.58. The van der Waals surface area contributed by atoms with Gasteiger partial charge in [0.2, 0.25) is 5.91 Å². The van der Waals surface area contributed by atoms with Gasteiger partial charge in [0.25, 0.3) is 0 Å². The van der Waals surface area contributed by atoms with Gasteiger partial charge >= 0.3 is 0 Å². The number of rotatable bonds is 9. The zero-order chi connectivity index (χ0) is 18.9. The third kappa shape index (κ3) is 6.13. The number of nitrogens with two attached hydrogens (primary N) is 1. The van der Waals surface area contributed by atoms with Crippen LogP contribution in [0.1, 0.15) is 30.5 Å². The fraction of sp³-hybridized carbons (Fsp3) is 0.350. The summed E-state index contributed by atoms with van der Waals surface area (Å²) in [5.41, 5.74) is 7.39. The van der Waals surface area contributed by atoms with Crippen LogP contribution in [0, 0.1) is 5.82 Å². The number of halogens is 1. The average molecular weight is 360 g/mol. The summed E-state index contributed by atoms with van der Waals surface area (Å²) in [4.78, 5) is 12.0. The molecule has 2 unspecified atom stereocenters. The molecular weight excluding hydrogens is 335 g/mol. The molecule has 0 fully saturated rings. The summed E-state index contributed by atoms with van der Waals surface area (Å²) in [6.07, 6.45) is -0.0413. The Morgan fingerprint density at radius 2 is 1.81 bits per heavy atom. The Balaban J connectivity index is 1.85. The van der Waals surface area contributed by atoms with Crippen LogP contribution in [-0.2, 0) is 16.1 Å². The van der Waals surface area contributed by atoms with Crippen molar-refractivity contribution >= 4 is 5.91 Å². The molecule has 0 aromatic heterocycles. The number of methoxy groups -OCH3 is 1. The lowest BCUT2D eigenvalue weighted by atomic mass is 10.1. The van der Waals surface area contributed by atoms with Crippen molar-refractivity contribution in [3.8, 4) is 5.75 Å². The maximum atomic E-state index is 12.9. The van der Waals surface area contributed by atoms with E-state index in [4.69, 9.17) is 15.2 Å². The third-order valence-electron chi connectivity index (χ3n) is 4.09. The van der Waals surface area contributed by atoms with Crippen molar-refractivity contribution in [1.29, 1.82) is 0 Å². The van der Waals surface area contributed by atoms with Crippen LogP contribution in [0.3, 0.4) is 0 Å². The molecule has 0 bridgehead atoms. The number of amides is 1. The molecule has 0 radical (unpaired) electrons. The molecule has 0 saturated carbocycles. The fourth-order valence-electron chi connectivity index (χ4n) is 2.45. The zero-order valence-electron chi connectivity index (χ0n) is 15.1. The van der Waals surface area contributed by atoms with Gasteiger partial charge < -0.3 is 20.5 Å². The van der Waals surface area contributed by atoms with Crippen LogP contribution in [-0.4, -0.2) is 25.7 Å². The molecule has 3 N–H and O–H groups in total. The molecule has 0 saturated heterocycles. The highest BCUT2D eigenvalue weighted by Gasteiger charge is 2.14. The van der Waals surface area contributed by atoms with Crippen LogP contribution < -0.4 is 15.8 Å². The van der Waals surface area contributed by atoms with Gasteiger partial charge in [-0.2, -0.15) is 0 Å². The highest BCUT2D eigenvalue weighted by Crippen LogP contribution is 2.19. The van der Waals surface area contributed by atoms with Crippen LogP contribution >= 0.6 is 0 Å². The summed E-state index contributed by atoms with van der Waals surface area (Å²) < 4.78 is 23.7. The Bertz CT molecular complexity index is 685. The molecule has 1 amide bonds. The Kier molecular flexibility index (Phi) is 7.56. The molecule has 26 heavy (non-hydrogen) atoms. The predicted octanol–water partition coefficient (Wildman–Crippen LogP) is 2.95. The number of carbonyl (C=O) groups excluding carboxylic acids is 1. The molecule has 0 aliphatic carbocycles. The van der Waals surface area contributed by atoms with Gasteiger partial charge in [-0.15, -0.1) is 0 Å². The first-order valence-electron chi connectivity index (χ1n) is 8.51. The summed E-state index contributed by atoms with van der Waals surface area (Å²) >= 11 is 0. The minimum atomic E-state index is -0.274. The van der Waals surface area contributed by atoms with Gasteiger partial charge in [-0.1, -0.05) is 24.3 Å². The molecule has 0 spiro atoms. The van der Waals surface area contributed by atoms with Crippen molar-refractivity contribution < 1.29 is 18.7 Å². The third-order valence-corrected chi connectivity index (χ3v) is 4.09. The van der Waals surface area contributed by atoms with Gasteiger partial charge in [0.1, 0.15) is 18.2 Å². The van der Waals surface area contributed by atoms with E-state index in [9.17, 15) is 9.18 Å². The molecule has 2 aromatic carbocycles. The molecule has 0 aliphatic rings. The van der Waals surface area contributed by atoms with Crippen molar-refractivity contribution in [2.24, 2.45) is 5.73 Å². The molecule has 6 heteroatoms. The average Bonchev–Trinajstić information content (AvgIpc) is 2.66. The van der Waals surface area contributed by atoms with Crippen molar-refractivity contribution in [2.75, 3.05) is 13.7 Å². The fourth-order valence-corrected chi connectivity index (χ4v) is 2.45. The van der Waals surface area contributed by atoms with E-state index in [0.717, 1.165) is 11.1 Å². The molecule has 5 nitrogen and oxygen atoms in total. The number of ether oxygens (including phenoxy) is 2. The smallest absolute Gasteiger partial charge is 0.223 e. The normalized spacial score (nSPS) is 13.1. The molecule has 2 rings (SSSR count). The molecule has 0 heterocycles. The van der Waals surface area contributed by atoms with Gasteiger partial charge in [-0.05, 0) is 42.3 Å². The predicted molar refractivity (Wildman–Crippen MR) is 98.2 cm³/mol. The number of carbonyl (C=O) groups is 1. The van der Waals surface area contributed by atoms with Crippen LogP contribution in [0.2, 0.25) is 0 Å². The quantitative estimate of drug-likeness (QED) is 0.721. The van der Waals surface area contributed by atoms with Crippen molar-refractivity contribution in [2.45, 2.75) is 32.1 Å². The maximum absolute atomic E-state index is 12.9. The first-order valence-corrected chi connectivity index (χ1v) is 8.51. The molecule has 2 atom stereocenters. The van der Waals surface area contributed by atoms with Crippen LogP contribution in [0.4, 0.5) is 4.39 Å². The lowest BCUT2D eigenvalue weighted by Crippen LogP contribution is -2.33. The minimum absolute atomic E-state index is 0.105. The first kappa shape index (κ1) is 19.9. The second-order valence-corrected chi connectivity index (χ2v) is 6.07. The van der Waals surface area contributed by atoms with Gasteiger partial charge in [0.15, 0.2) is 0 Å². The highest BCUT2D eigenvalue weighted by atomic mass is 19.1. The standard InChI is InChI=1S/C20H25FN2O3/c1-14(23-20(24)11-19(12-22)25-2)16-5-9-18(10-6-16)26-13-15-3-7-17(21)8-4-15/h3-10,14,19H,11-13,22H2,1-2H3,(H,23,24). The number of hydrogen-bond donors (Lipinski definition) is 2. The number of hydrogen-bond acceptors (Lipinski definition) is 4. The monoisotopic (exact) mass is 360 g/mol. The first-order chi connectivity index (χ1) is 12.5. The lowest BCUT2D eigenvalue weighted by molar-refractivity contribution is -0.124. The SMILES string of the molecule is COC(CN)CC(=O)NC(C)c1ccc(OCc2ccc(F)cc2)cc1. The van der Waals surface area contributed by atoms with E-state index in [1.165, 1.54) is 12.1 Å². The van der Waals surface area contributed by atoms with Crippen LogP contribution in [0.15, 0.2) is 48.5 Å². The van der Waals surface area contributed by atoms with E-state index in [0.29, 0.717) is 18.9 Å². The Hall–Kier alpha value is -2.44. The molecular formula is C20H25FN2O3. The van der Waals surface area contributed by atoms with E-state index >= 15 is 0 Å². The van der Waals surface area contributed by atoms with Crippen molar-refractivity contribution in [3.63, 3.8) is 0 Å². The Morgan fingerprint density at radius 1 is 1.15 bits per heavy atom. The maximum Gasteiger partial charge on any atom is 0.223 e. The summed E-state index contributed by atoms with van der Waals surface area (Å²) in [5.74, 6) is 0.336. The topological polar surface area (TPSA) is 73.6 Å². The van der Waals surface area contributed by atoms with E-state index in [-0.39, 0.29) is 30.3 Å². The van der Waals surface area contributed by atoms with Crippen LogP contribution in [0.5, 0.6) is 5.75 Å². The zero-order valence-corrected chi connectivity index (χ0v) is 15.1. The summed E-state index contributed by atoms with van der Waals surface area (Å²) in [5, 5.41) is 2.93. The van der Waals surface area contributed by atoms with Crippen molar-refractivity contribution in [3.05, 3.63) is 65.5 Å². The number of nitrogens with one attached hydrogen (secondary N) is 1. The van der Waals surface area contributed by atoms with Gasteiger partial charge in [-0.25, -0.2) is 4.39 Å². The van der Waals surface area contributed by atoms with E-state index in [1.54, 1.807) is 19.2 Å². The largest absolute Gasteiger partial charge is 0.489 e. The van der Waals surface area contributed by atoms with Crippen LogP contribution in [0.25, 0.3) is 0 Å². The summed E-state index contributed by atoms with van der Waals surface area (Å²) in [6, 6.07) is 13.6. The Morgan fingerprint density at radius 3 is 2.38 bits per heavy atom. The molecule has 0 aliphatic heterocycles. The lowest BCUT2D eigenvalue weighted by Gasteiger charge is -2.17. The van der Waals surface area contributed by atoms with Gasteiger partial charge in [0, 0.05) is 13.7 Å². The van der Waals surface area contributed by atoms with Gasteiger partial charge in [-0.3, -0.25) is 4.79 Å². The highest BCUT2D eigenvalue weighted by molar-refractivity contribution is 5.77. The molecule has 140 valence electrons. The Labute approximate surface area is 153 Å².